The summed E-state index contributed by atoms with van der Waals surface area (Å²) in [6, 6.07) is 12.1. The maximum Gasteiger partial charge on any atom is 0.277 e. The molecule has 0 unspecified atom stereocenters. The van der Waals surface area contributed by atoms with Crippen molar-refractivity contribution >= 4 is 15.9 Å². The zero-order valence-electron chi connectivity index (χ0n) is 13.2. The molecule has 2 aromatic rings. The van der Waals surface area contributed by atoms with Gasteiger partial charge in [-0.15, -0.1) is 0 Å². The summed E-state index contributed by atoms with van der Waals surface area (Å²) in [6.45, 7) is 0.101. The highest BCUT2D eigenvalue weighted by Gasteiger charge is 2.21. The first-order valence-electron chi connectivity index (χ1n) is 7.00. The normalized spacial score (nSPS) is 11.5. The van der Waals surface area contributed by atoms with E-state index >= 15 is 0 Å². The van der Waals surface area contributed by atoms with Crippen LogP contribution in [0.3, 0.4) is 0 Å². The van der Waals surface area contributed by atoms with Gasteiger partial charge in [0, 0.05) is 14.1 Å². The van der Waals surface area contributed by atoms with Gasteiger partial charge in [0.1, 0.15) is 5.82 Å². The molecule has 0 radical (unpaired) electrons. The van der Waals surface area contributed by atoms with E-state index in [2.05, 4.69) is 5.48 Å². The molecule has 0 spiro atoms. The van der Waals surface area contributed by atoms with Crippen molar-refractivity contribution in [2.24, 2.45) is 0 Å². The summed E-state index contributed by atoms with van der Waals surface area (Å²) in [4.78, 5) is 16.9. The number of amides is 1. The van der Waals surface area contributed by atoms with Crippen LogP contribution in [0, 0.1) is 5.82 Å². The lowest BCUT2D eigenvalue weighted by molar-refractivity contribution is 0.0230. The number of sulfonamides is 1. The van der Waals surface area contributed by atoms with Crippen LogP contribution < -0.4 is 5.48 Å². The summed E-state index contributed by atoms with van der Waals surface area (Å²) in [7, 11) is -1.07. The van der Waals surface area contributed by atoms with Gasteiger partial charge in [-0.25, -0.2) is 22.6 Å². The van der Waals surface area contributed by atoms with Crippen LogP contribution >= 0.6 is 0 Å². The van der Waals surface area contributed by atoms with Gasteiger partial charge in [-0.2, -0.15) is 0 Å². The highest BCUT2D eigenvalue weighted by atomic mass is 32.2. The Morgan fingerprint density at radius 2 is 1.83 bits per heavy atom. The van der Waals surface area contributed by atoms with Crippen LogP contribution in [0.2, 0.25) is 0 Å². The number of halogens is 1. The number of nitrogens with one attached hydrogen (secondary N) is 1. The molecule has 6 nitrogen and oxygen atoms in total. The molecule has 24 heavy (non-hydrogen) atoms. The summed E-state index contributed by atoms with van der Waals surface area (Å²) < 4.78 is 38.9. The van der Waals surface area contributed by atoms with Crippen LogP contribution in [0.5, 0.6) is 0 Å². The average molecular weight is 352 g/mol. The molecule has 1 amide bonds. The molecule has 2 rings (SSSR count). The van der Waals surface area contributed by atoms with E-state index in [9.17, 15) is 17.6 Å². The fraction of sp³-hybridized carbons (Fsp3) is 0.188. The minimum Gasteiger partial charge on any atom is -0.269 e. The Hall–Kier alpha value is -2.29. The Morgan fingerprint density at radius 1 is 1.17 bits per heavy atom. The van der Waals surface area contributed by atoms with Crippen LogP contribution in [-0.2, 0) is 21.5 Å². The van der Waals surface area contributed by atoms with Crippen molar-refractivity contribution in [2.75, 3.05) is 14.1 Å². The van der Waals surface area contributed by atoms with E-state index in [-0.39, 0.29) is 11.5 Å². The van der Waals surface area contributed by atoms with Crippen LogP contribution in [0.1, 0.15) is 15.9 Å². The molecule has 0 aromatic heterocycles. The average Bonchev–Trinajstić information content (AvgIpc) is 2.55. The lowest BCUT2D eigenvalue weighted by Crippen LogP contribution is -2.26. The molecule has 1 N–H and O–H groups in total. The van der Waals surface area contributed by atoms with Gasteiger partial charge in [-0.3, -0.25) is 9.63 Å². The van der Waals surface area contributed by atoms with Crippen LogP contribution in [-0.4, -0.2) is 32.7 Å². The fourth-order valence-corrected chi connectivity index (χ4v) is 2.79. The molecule has 0 atom stereocenters. The molecule has 0 fully saturated rings. The zero-order chi connectivity index (χ0) is 17.7. The SMILES string of the molecule is CN(C)S(=O)(=O)c1ccc(F)c(C(=O)NOCc2ccccc2)c1. The molecule has 128 valence electrons. The summed E-state index contributed by atoms with van der Waals surface area (Å²) in [5.74, 6) is -1.70. The van der Waals surface area contributed by atoms with E-state index in [1.165, 1.54) is 14.1 Å². The second kappa shape index (κ2) is 7.52. The van der Waals surface area contributed by atoms with Crippen molar-refractivity contribution < 1.29 is 22.4 Å². The molecule has 0 aliphatic heterocycles. The standard InChI is InChI=1S/C16H17FN2O4S/c1-19(2)24(21,22)13-8-9-15(17)14(10-13)16(20)18-23-11-12-6-4-3-5-7-12/h3-10H,11H2,1-2H3,(H,18,20). The van der Waals surface area contributed by atoms with E-state index in [1.807, 2.05) is 18.2 Å². The third-order valence-corrected chi connectivity index (χ3v) is 5.02. The number of carbonyl (C=O) groups excluding carboxylic acids is 1. The van der Waals surface area contributed by atoms with Crippen LogP contribution in [0.4, 0.5) is 4.39 Å². The van der Waals surface area contributed by atoms with E-state index in [1.54, 1.807) is 12.1 Å². The highest BCUT2D eigenvalue weighted by molar-refractivity contribution is 7.89. The molecule has 0 bridgehead atoms. The first-order valence-corrected chi connectivity index (χ1v) is 8.44. The first-order chi connectivity index (χ1) is 11.3. The summed E-state index contributed by atoms with van der Waals surface area (Å²) >= 11 is 0. The predicted molar refractivity (Wildman–Crippen MR) is 86.0 cm³/mol. The maximum absolute atomic E-state index is 13.8. The number of hydrogen-bond donors (Lipinski definition) is 1. The van der Waals surface area contributed by atoms with Gasteiger partial charge in [0.05, 0.1) is 17.1 Å². The maximum atomic E-state index is 13.8. The monoisotopic (exact) mass is 352 g/mol. The number of benzene rings is 2. The summed E-state index contributed by atoms with van der Waals surface area (Å²) in [6.07, 6.45) is 0. The Bertz CT molecular complexity index is 823. The smallest absolute Gasteiger partial charge is 0.269 e. The zero-order valence-corrected chi connectivity index (χ0v) is 14.0. The van der Waals surface area contributed by atoms with Crippen molar-refractivity contribution in [3.8, 4) is 0 Å². The number of carbonyl (C=O) groups is 1. The molecule has 0 saturated heterocycles. The van der Waals surface area contributed by atoms with Gasteiger partial charge < -0.3 is 0 Å². The van der Waals surface area contributed by atoms with Gasteiger partial charge in [-0.05, 0) is 23.8 Å². The topological polar surface area (TPSA) is 75.7 Å². The summed E-state index contributed by atoms with van der Waals surface area (Å²) in [5, 5.41) is 0. The Kier molecular flexibility index (Phi) is 5.66. The minimum atomic E-state index is -3.77. The molecule has 2 aromatic carbocycles. The van der Waals surface area contributed by atoms with Crippen molar-refractivity contribution in [2.45, 2.75) is 11.5 Å². The van der Waals surface area contributed by atoms with E-state index in [0.717, 1.165) is 28.1 Å². The van der Waals surface area contributed by atoms with E-state index < -0.39 is 27.3 Å². The predicted octanol–water partition coefficient (Wildman–Crippen LogP) is 1.94. The Balaban J connectivity index is 2.11. The molecule has 0 aliphatic carbocycles. The first kappa shape index (κ1) is 18.1. The minimum absolute atomic E-state index is 0.101. The van der Waals surface area contributed by atoms with Crippen molar-refractivity contribution in [1.29, 1.82) is 0 Å². The van der Waals surface area contributed by atoms with Gasteiger partial charge in [0.25, 0.3) is 5.91 Å². The molecule has 0 saturated carbocycles. The van der Waals surface area contributed by atoms with Gasteiger partial charge in [0.15, 0.2) is 0 Å². The Morgan fingerprint density at radius 3 is 2.46 bits per heavy atom. The van der Waals surface area contributed by atoms with Gasteiger partial charge in [-0.1, -0.05) is 30.3 Å². The number of nitrogens with zero attached hydrogens (tertiary/aromatic N) is 1. The van der Waals surface area contributed by atoms with E-state index in [0.29, 0.717) is 0 Å². The van der Waals surface area contributed by atoms with Crippen LogP contribution in [0.15, 0.2) is 53.4 Å². The molecule has 0 aliphatic rings. The number of rotatable bonds is 6. The molecular weight excluding hydrogens is 335 g/mol. The quantitative estimate of drug-likeness (QED) is 0.806. The second-order valence-corrected chi connectivity index (χ2v) is 7.29. The third-order valence-electron chi connectivity index (χ3n) is 3.21. The number of hydroxylamine groups is 1. The third kappa shape index (κ3) is 4.16. The lowest BCUT2D eigenvalue weighted by Gasteiger charge is -2.13. The van der Waals surface area contributed by atoms with Crippen molar-refractivity contribution in [3.63, 3.8) is 0 Å². The number of hydrogen-bond acceptors (Lipinski definition) is 4. The fourth-order valence-electron chi connectivity index (χ4n) is 1.86. The van der Waals surface area contributed by atoms with Gasteiger partial charge >= 0.3 is 0 Å². The van der Waals surface area contributed by atoms with Crippen molar-refractivity contribution in [3.05, 3.63) is 65.5 Å². The lowest BCUT2D eigenvalue weighted by atomic mass is 10.2. The van der Waals surface area contributed by atoms with Crippen LogP contribution in [0.25, 0.3) is 0 Å². The molecule has 0 heterocycles. The second-order valence-electron chi connectivity index (χ2n) is 5.13. The van der Waals surface area contributed by atoms with E-state index in [4.69, 9.17) is 4.84 Å². The van der Waals surface area contributed by atoms with Crippen molar-refractivity contribution in [1.82, 2.24) is 9.79 Å². The van der Waals surface area contributed by atoms with Gasteiger partial charge in [0.2, 0.25) is 10.0 Å². The largest absolute Gasteiger partial charge is 0.277 e. The Labute approximate surface area is 139 Å². The summed E-state index contributed by atoms with van der Waals surface area (Å²) in [5.41, 5.74) is 2.52. The molecular formula is C16H17FN2O4S. The highest BCUT2D eigenvalue weighted by Crippen LogP contribution is 2.17. The molecule has 8 heteroatoms.